The maximum atomic E-state index is 13.8. The van der Waals surface area contributed by atoms with E-state index in [1.165, 1.54) is 9.80 Å². The first-order valence-electron chi connectivity index (χ1n) is 11.3. The van der Waals surface area contributed by atoms with Gasteiger partial charge < -0.3 is 14.9 Å². The largest absolute Gasteiger partial charge is 0.419 e. The highest BCUT2D eigenvalue weighted by Gasteiger charge is 2.50. The van der Waals surface area contributed by atoms with E-state index in [4.69, 9.17) is 11.6 Å². The molecule has 0 spiro atoms. The molecule has 9 nitrogen and oxygen atoms in total. The van der Waals surface area contributed by atoms with Gasteiger partial charge in [0.15, 0.2) is 0 Å². The number of aliphatic hydroxyl groups is 1. The van der Waals surface area contributed by atoms with E-state index in [2.05, 4.69) is 4.99 Å². The third kappa shape index (κ3) is 4.21. The molecule has 1 aliphatic carbocycles. The zero-order valence-electron chi connectivity index (χ0n) is 18.2. The van der Waals surface area contributed by atoms with Gasteiger partial charge in [0.05, 0.1) is 18.7 Å². The molecular weight excluding hydrogens is 479 g/mol. The van der Waals surface area contributed by atoms with Gasteiger partial charge in [-0.15, -0.1) is 0 Å². The Bertz CT molecular complexity index is 982. The lowest BCUT2D eigenvalue weighted by Crippen LogP contribution is -2.60. The Hall–Kier alpha value is -2.15. The summed E-state index contributed by atoms with van der Waals surface area (Å²) in [6, 6.07) is -1.43. The van der Waals surface area contributed by atoms with Gasteiger partial charge in [-0.05, 0) is 36.8 Å². The molecule has 0 bridgehead atoms. The summed E-state index contributed by atoms with van der Waals surface area (Å²) in [6.07, 6.45) is -1.18. The first-order chi connectivity index (χ1) is 16.0. The summed E-state index contributed by atoms with van der Waals surface area (Å²) in [5.41, 5.74) is -1.36. The van der Waals surface area contributed by atoms with Crippen molar-refractivity contribution in [1.29, 1.82) is 0 Å². The zero-order chi connectivity index (χ0) is 24.4. The van der Waals surface area contributed by atoms with E-state index in [0.717, 1.165) is 18.9 Å². The van der Waals surface area contributed by atoms with E-state index in [9.17, 15) is 33.1 Å². The van der Waals surface area contributed by atoms with Crippen LogP contribution in [0.5, 0.6) is 0 Å². The molecule has 5 rings (SSSR count). The Kier molecular flexibility index (Phi) is 5.90. The predicted octanol–water partition coefficient (Wildman–Crippen LogP) is 1.27. The van der Waals surface area contributed by atoms with Crippen LogP contribution in [0.15, 0.2) is 28.4 Å². The standard InChI is InChI=1S/C21H25ClF3N5O4/c22-18-17(26-19-14(21(23,24)25)7-12(9-29(18)19)11-1-2-11)20(33)27-5-6-28(16(32)10-27)13-3-4-30(34)15(31)8-13/h7,9,11,13,17-18,20,33-34H,1-6,8,10H2. The van der Waals surface area contributed by atoms with Crippen molar-refractivity contribution in [2.75, 3.05) is 26.2 Å². The summed E-state index contributed by atoms with van der Waals surface area (Å²) in [5, 5.41) is 21.1. The SMILES string of the molecule is O=C1CC(N2CCN(C(O)C3N=C4C(C(F)(F)F)=CC(C5CC5)=CN4C3Cl)CC2=O)CCN1O. The molecule has 0 radical (unpaired) electrons. The van der Waals surface area contributed by atoms with Crippen LogP contribution in [0, 0.1) is 5.92 Å². The number of fused-ring (bicyclic) bond motifs is 1. The number of piperidine rings is 1. The lowest BCUT2D eigenvalue weighted by atomic mass is 10.0. The lowest BCUT2D eigenvalue weighted by molar-refractivity contribution is -0.175. The molecule has 3 fully saturated rings. The van der Waals surface area contributed by atoms with Crippen LogP contribution in [0.2, 0.25) is 0 Å². The second-order valence-corrected chi connectivity index (χ2v) is 9.76. The quantitative estimate of drug-likeness (QED) is 0.340. The van der Waals surface area contributed by atoms with E-state index in [1.807, 2.05) is 0 Å². The summed E-state index contributed by atoms with van der Waals surface area (Å²) in [5.74, 6) is -1.01. The Labute approximate surface area is 198 Å². The maximum Gasteiger partial charge on any atom is 0.419 e. The molecule has 0 aromatic heterocycles. The fourth-order valence-electron chi connectivity index (χ4n) is 4.98. The number of hydrogen-bond acceptors (Lipinski definition) is 7. The molecule has 4 atom stereocenters. The van der Waals surface area contributed by atoms with Crippen molar-refractivity contribution in [1.82, 2.24) is 19.8 Å². The Morgan fingerprint density at radius 3 is 2.47 bits per heavy atom. The molecule has 2 saturated heterocycles. The van der Waals surface area contributed by atoms with Gasteiger partial charge in [0.1, 0.15) is 23.6 Å². The first-order valence-corrected chi connectivity index (χ1v) is 11.7. The van der Waals surface area contributed by atoms with Crippen LogP contribution < -0.4 is 0 Å². The molecule has 4 aliphatic heterocycles. The fourth-order valence-corrected chi connectivity index (χ4v) is 5.32. The molecule has 0 aromatic carbocycles. The molecule has 34 heavy (non-hydrogen) atoms. The van der Waals surface area contributed by atoms with Crippen molar-refractivity contribution in [3.05, 3.63) is 23.4 Å². The number of rotatable bonds is 4. The number of alkyl halides is 4. The fraction of sp³-hybridized carbons (Fsp3) is 0.667. The number of amidine groups is 1. The first kappa shape index (κ1) is 23.6. The number of amides is 2. The molecular formula is C21H25ClF3N5O4. The Balaban J connectivity index is 1.30. The monoisotopic (exact) mass is 503 g/mol. The van der Waals surface area contributed by atoms with E-state index < -0.39 is 35.4 Å². The molecule has 2 N–H and O–H groups in total. The van der Waals surface area contributed by atoms with E-state index >= 15 is 0 Å². The predicted molar refractivity (Wildman–Crippen MR) is 113 cm³/mol. The Morgan fingerprint density at radius 2 is 1.85 bits per heavy atom. The number of halogens is 4. The molecule has 4 unspecified atom stereocenters. The van der Waals surface area contributed by atoms with Crippen LogP contribution in [0.4, 0.5) is 13.2 Å². The molecule has 4 heterocycles. The number of piperazine rings is 1. The van der Waals surface area contributed by atoms with Crippen LogP contribution in [0.25, 0.3) is 0 Å². The van der Waals surface area contributed by atoms with Gasteiger partial charge in [0.25, 0.3) is 0 Å². The second kappa shape index (κ2) is 8.51. The summed E-state index contributed by atoms with van der Waals surface area (Å²) in [6.45, 7) is 0.439. The summed E-state index contributed by atoms with van der Waals surface area (Å²) in [4.78, 5) is 33.0. The van der Waals surface area contributed by atoms with Crippen molar-refractivity contribution >= 4 is 29.3 Å². The molecule has 5 aliphatic rings. The number of carbonyl (C=O) groups excluding carboxylic acids is 2. The highest BCUT2D eigenvalue weighted by molar-refractivity contribution is 6.24. The highest BCUT2D eigenvalue weighted by atomic mass is 35.5. The number of aliphatic hydroxyl groups excluding tert-OH is 1. The number of aliphatic imine (C=N–C) groups is 1. The number of hydrogen-bond donors (Lipinski definition) is 2. The molecule has 13 heteroatoms. The second-order valence-electron chi connectivity index (χ2n) is 9.32. The molecule has 2 amide bonds. The Morgan fingerprint density at radius 1 is 1.12 bits per heavy atom. The number of hydroxylamine groups is 2. The van der Waals surface area contributed by atoms with Crippen molar-refractivity contribution in [2.45, 2.75) is 55.7 Å². The molecule has 0 aromatic rings. The number of nitrogens with zero attached hydrogens (tertiary/aromatic N) is 5. The van der Waals surface area contributed by atoms with Gasteiger partial charge in [-0.2, -0.15) is 13.2 Å². The average molecular weight is 504 g/mol. The van der Waals surface area contributed by atoms with Crippen molar-refractivity contribution in [3.63, 3.8) is 0 Å². The van der Waals surface area contributed by atoms with E-state index in [-0.39, 0.29) is 56.3 Å². The van der Waals surface area contributed by atoms with Gasteiger partial charge in [-0.3, -0.25) is 24.7 Å². The summed E-state index contributed by atoms with van der Waals surface area (Å²) < 4.78 is 41.3. The maximum absolute atomic E-state index is 13.8. The third-order valence-electron chi connectivity index (χ3n) is 7.04. The van der Waals surface area contributed by atoms with Crippen LogP contribution in [-0.4, -0.2) is 104 Å². The topological polar surface area (TPSA) is 99.9 Å². The van der Waals surface area contributed by atoms with Gasteiger partial charge >= 0.3 is 6.18 Å². The van der Waals surface area contributed by atoms with Gasteiger partial charge in [-0.25, -0.2) is 5.06 Å². The average Bonchev–Trinajstić information content (AvgIpc) is 3.58. The minimum Gasteiger partial charge on any atom is -0.376 e. The van der Waals surface area contributed by atoms with Crippen molar-refractivity contribution in [3.8, 4) is 0 Å². The van der Waals surface area contributed by atoms with E-state index in [1.54, 1.807) is 11.1 Å². The molecule has 186 valence electrons. The van der Waals surface area contributed by atoms with Crippen LogP contribution in [-0.2, 0) is 9.59 Å². The normalized spacial score (nSPS) is 31.9. The van der Waals surface area contributed by atoms with Crippen molar-refractivity contribution < 1.29 is 33.1 Å². The van der Waals surface area contributed by atoms with Crippen molar-refractivity contribution in [2.24, 2.45) is 10.9 Å². The van der Waals surface area contributed by atoms with Crippen LogP contribution >= 0.6 is 11.6 Å². The smallest absolute Gasteiger partial charge is 0.376 e. The zero-order valence-corrected chi connectivity index (χ0v) is 18.9. The van der Waals surface area contributed by atoms with Gasteiger partial charge in [-0.1, -0.05) is 11.6 Å². The highest BCUT2D eigenvalue weighted by Crippen LogP contribution is 2.44. The molecule has 1 saturated carbocycles. The van der Waals surface area contributed by atoms with Crippen LogP contribution in [0.1, 0.15) is 25.7 Å². The number of carbonyl (C=O) groups is 2. The number of allylic oxidation sites excluding steroid dienone is 2. The van der Waals surface area contributed by atoms with Gasteiger partial charge in [0.2, 0.25) is 11.8 Å². The summed E-state index contributed by atoms with van der Waals surface area (Å²) >= 11 is 6.51. The van der Waals surface area contributed by atoms with E-state index in [0.29, 0.717) is 17.1 Å². The lowest BCUT2D eigenvalue weighted by Gasteiger charge is -2.43. The van der Waals surface area contributed by atoms with Gasteiger partial charge in [0, 0.05) is 31.8 Å². The van der Waals surface area contributed by atoms with Crippen LogP contribution in [0.3, 0.4) is 0 Å². The minimum atomic E-state index is -4.62. The summed E-state index contributed by atoms with van der Waals surface area (Å²) in [7, 11) is 0. The third-order valence-corrected chi connectivity index (χ3v) is 7.51. The minimum absolute atomic E-state index is 0.0159.